The third kappa shape index (κ3) is 6.53. The summed E-state index contributed by atoms with van der Waals surface area (Å²) in [6.07, 6.45) is 3.74. The zero-order valence-electron chi connectivity index (χ0n) is 8.38. The highest BCUT2D eigenvalue weighted by molar-refractivity contribution is 6.30. The van der Waals surface area contributed by atoms with E-state index in [-0.39, 0.29) is 0 Å². The molecule has 0 aliphatic heterocycles. The lowest BCUT2D eigenvalue weighted by Crippen LogP contribution is -2.07. The van der Waals surface area contributed by atoms with E-state index in [9.17, 15) is 0 Å². The molecule has 1 rings (SSSR count). The summed E-state index contributed by atoms with van der Waals surface area (Å²) in [5, 5.41) is 21.5. The van der Waals surface area contributed by atoms with E-state index < -0.39 is 7.32 Å². The van der Waals surface area contributed by atoms with Gasteiger partial charge in [-0.25, -0.2) is 9.97 Å². The minimum Gasteiger partial charge on any atom is -0.402 e. The number of aryl methyl sites for hydroxylation is 2. The van der Waals surface area contributed by atoms with Crippen molar-refractivity contribution in [1.82, 2.24) is 9.97 Å². The average Bonchev–Trinajstić information content (AvgIpc) is 2.17. The quantitative estimate of drug-likeness (QED) is 0.560. The number of hydrogen-bond donors (Lipinski definition) is 3. The van der Waals surface area contributed by atoms with Crippen LogP contribution in [0.1, 0.15) is 25.4 Å². The van der Waals surface area contributed by atoms with E-state index in [4.69, 9.17) is 15.1 Å². The molecule has 14 heavy (non-hydrogen) atoms. The molecule has 0 aliphatic carbocycles. The summed E-state index contributed by atoms with van der Waals surface area (Å²) in [4.78, 5) is 8.39. The Bertz CT molecular complexity index is 236. The molecule has 0 atom stereocenters. The van der Waals surface area contributed by atoms with Crippen molar-refractivity contribution < 1.29 is 15.1 Å². The third-order valence-corrected chi connectivity index (χ3v) is 1.44. The van der Waals surface area contributed by atoms with Crippen molar-refractivity contribution in [2.45, 2.75) is 26.7 Å². The second-order valence-electron chi connectivity index (χ2n) is 2.52. The standard InChI is InChI=1S/C8H12N2.BH3O3/c1-3-7-5-6-9-8(4-2)10-7;2-1(3)4/h5-6H,3-4H2,1-2H3;2-4H. The van der Waals surface area contributed by atoms with Crippen LogP contribution < -0.4 is 0 Å². The summed E-state index contributed by atoms with van der Waals surface area (Å²) in [6.45, 7) is 4.16. The van der Waals surface area contributed by atoms with Crippen LogP contribution in [0.4, 0.5) is 0 Å². The summed E-state index contributed by atoms with van der Waals surface area (Å²) < 4.78 is 0. The first-order valence-corrected chi connectivity index (χ1v) is 4.45. The number of hydrogen-bond acceptors (Lipinski definition) is 5. The zero-order valence-corrected chi connectivity index (χ0v) is 8.38. The minimum absolute atomic E-state index is 0.924. The Balaban J connectivity index is 0.000000364. The molecule has 0 aliphatic rings. The van der Waals surface area contributed by atoms with Crippen LogP contribution in [-0.2, 0) is 12.8 Å². The van der Waals surface area contributed by atoms with E-state index >= 15 is 0 Å². The maximum absolute atomic E-state index is 7.17. The molecule has 0 fully saturated rings. The molecule has 1 aromatic rings. The van der Waals surface area contributed by atoms with E-state index in [1.165, 1.54) is 0 Å². The SMILES string of the molecule is CCc1ccnc(CC)n1.OB(O)O. The average molecular weight is 198 g/mol. The molecule has 1 heterocycles. The summed E-state index contributed by atoms with van der Waals surface area (Å²) in [6, 6.07) is 1.96. The van der Waals surface area contributed by atoms with Crippen LogP contribution >= 0.6 is 0 Å². The summed E-state index contributed by atoms with van der Waals surface area (Å²) in [7, 11) is -2.17. The van der Waals surface area contributed by atoms with Crippen molar-refractivity contribution in [1.29, 1.82) is 0 Å². The molecule has 0 saturated carbocycles. The lowest BCUT2D eigenvalue weighted by Gasteiger charge is -1.96. The highest BCUT2D eigenvalue weighted by Crippen LogP contribution is 1.95. The second kappa shape index (κ2) is 7.43. The molecule has 0 amide bonds. The van der Waals surface area contributed by atoms with Crippen molar-refractivity contribution in [3.8, 4) is 0 Å². The molecule has 0 saturated heterocycles. The topological polar surface area (TPSA) is 86.5 Å². The van der Waals surface area contributed by atoms with Gasteiger partial charge in [-0.2, -0.15) is 0 Å². The molecule has 0 aromatic carbocycles. The lowest BCUT2D eigenvalue weighted by atomic mass is 10.3. The van der Waals surface area contributed by atoms with Crippen LogP contribution in [0.5, 0.6) is 0 Å². The predicted octanol–water partition coefficient (Wildman–Crippen LogP) is -0.450. The van der Waals surface area contributed by atoms with Gasteiger partial charge in [0.25, 0.3) is 0 Å². The molecule has 6 heteroatoms. The van der Waals surface area contributed by atoms with Gasteiger partial charge in [-0.05, 0) is 12.5 Å². The number of nitrogens with zero attached hydrogens (tertiary/aromatic N) is 2. The largest absolute Gasteiger partial charge is 0.631 e. The van der Waals surface area contributed by atoms with Crippen molar-refractivity contribution in [2.24, 2.45) is 0 Å². The third-order valence-electron chi connectivity index (χ3n) is 1.44. The van der Waals surface area contributed by atoms with Crippen LogP contribution in [0.3, 0.4) is 0 Å². The highest BCUT2D eigenvalue weighted by atomic mass is 16.5. The normalized spacial score (nSPS) is 8.93. The van der Waals surface area contributed by atoms with Crippen molar-refractivity contribution >= 4 is 7.32 Å². The minimum atomic E-state index is -2.17. The maximum atomic E-state index is 7.17. The van der Waals surface area contributed by atoms with E-state index in [0.717, 1.165) is 24.4 Å². The predicted molar refractivity (Wildman–Crippen MR) is 53.2 cm³/mol. The van der Waals surface area contributed by atoms with Gasteiger partial charge < -0.3 is 15.1 Å². The van der Waals surface area contributed by atoms with Gasteiger partial charge in [0.1, 0.15) is 5.82 Å². The van der Waals surface area contributed by atoms with Crippen molar-refractivity contribution in [3.63, 3.8) is 0 Å². The van der Waals surface area contributed by atoms with Crippen molar-refractivity contribution in [3.05, 3.63) is 23.8 Å². The summed E-state index contributed by atoms with van der Waals surface area (Å²) >= 11 is 0. The van der Waals surface area contributed by atoms with Crippen molar-refractivity contribution in [2.75, 3.05) is 0 Å². The van der Waals surface area contributed by atoms with Gasteiger partial charge in [0.05, 0.1) is 0 Å². The van der Waals surface area contributed by atoms with Gasteiger partial charge in [0.15, 0.2) is 0 Å². The van der Waals surface area contributed by atoms with E-state index in [1.54, 1.807) is 0 Å². The Morgan fingerprint density at radius 3 is 2.21 bits per heavy atom. The molecule has 3 N–H and O–H groups in total. The fourth-order valence-corrected chi connectivity index (χ4v) is 0.808. The smallest absolute Gasteiger partial charge is 0.402 e. The fraction of sp³-hybridized carbons (Fsp3) is 0.500. The number of rotatable bonds is 2. The van der Waals surface area contributed by atoms with Gasteiger partial charge in [0.2, 0.25) is 0 Å². The van der Waals surface area contributed by atoms with Crippen LogP contribution in [-0.4, -0.2) is 32.4 Å². The zero-order chi connectivity index (χ0) is 11.0. The van der Waals surface area contributed by atoms with Gasteiger partial charge in [0, 0.05) is 18.3 Å². The molecule has 0 unspecified atom stereocenters. The molecular weight excluding hydrogens is 183 g/mol. The van der Waals surface area contributed by atoms with Crippen LogP contribution in [0.25, 0.3) is 0 Å². The Kier molecular flexibility index (Phi) is 6.91. The first-order chi connectivity index (χ1) is 6.60. The van der Waals surface area contributed by atoms with Gasteiger partial charge in [-0.1, -0.05) is 13.8 Å². The molecule has 0 spiro atoms. The highest BCUT2D eigenvalue weighted by Gasteiger charge is 1.93. The van der Waals surface area contributed by atoms with Gasteiger partial charge in [-0.3, -0.25) is 0 Å². The van der Waals surface area contributed by atoms with Gasteiger partial charge >= 0.3 is 7.32 Å². The van der Waals surface area contributed by atoms with E-state index in [0.29, 0.717) is 0 Å². The Morgan fingerprint density at radius 1 is 1.21 bits per heavy atom. The van der Waals surface area contributed by atoms with Crippen LogP contribution in [0, 0.1) is 0 Å². The lowest BCUT2D eigenvalue weighted by molar-refractivity contribution is 0.278. The van der Waals surface area contributed by atoms with Gasteiger partial charge in [-0.15, -0.1) is 0 Å². The Labute approximate surface area is 83.6 Å². The first-order valence-electron chi connectivity index (χ1n) is 4.45. The molecular formula is C8H15BN2O3. The second-order valence-corrected chi connectivity index (χ2v) is 2.52. The number of aromatic nitrogens is 2. The molecule has 0 radical (unpaired) electrons. The maximum Gasteiger partial charge on any atom is 0.631 e. The summed E-state index contributed by atoms with van der Waals surface area (Å²) in [5.74, 6) is 0.944. The molecule has 0 bridgehead atoms. The Hall–Kier alpha value is -0.975. The monoisotopic (exact) mass is 198 g/mol. The van der Waals surface area contributed by atoms with E-state index in [2.05, 4.69) is 23.8 Å². The fourth-order valence-electron chi connectivity index (χ4n) is 0.808. The summed E-state index contributed by atoms with van der Waals surface area (Å²) in [5.41, 5.74) is 1.13. The first kappa shape index (κ1) is 13.0. The Morgan fingerprint density at radius 2 is 1.79 bits per heavy atom. The van der Waals surface area contributed by atoms with E-state index in [1.807, 2.05) is 12.3 Å². The van der Waals surface area contributed by atoms with Crippen LogP contribution in [0.15, 0.2) is 12.3 Å². The molecule has 5 nitrogen and oxygen atoms in total. The molecule has 1 aromatic heterocycles. The molecule has 78 valence electrons. The van der Waals surface area contributed by atoms with Crippen LogP contribution in [0.2, 0.25) is 0 Å².